The van der Waals surface area contributed by atoms with Gasteiger partial charge in [0.25, 0.3) is 0 Å². The molecule has 7 rings (SSSR count). The molecule has 2 nitrogen and oxygen atoms in total. The molecule has 0 radical (unpaired) electrons. The van der Waals surface area contributed by atoms with Gasteiger partial charge in [0.2, 0.25) is 0 Å². The van der Waals surface area contributed by atoms with Crippen molar-refractivity contribution in [2.24, 2.45) is 0 Å². The van der Waals surface area contributed by atoms with Crippen LogP contribution in [0.2, 0.25) is 0 Å². The zero-order valence-electron chi connectivity index (χ0n) is 21.1. The maximum absolute atomic E-state index is 6.58. The van der Waals surface area contributed by atoms with E-state index in [1.165, 1.54) is 11.1 Å². The molecule has 0 unspecified atom stereocenters. The predicted octanol–water partition coefficient (Wildman–Crippen LogP) is 11.2. The minimum Gasteiger partial charge on any atom is -0.453 e. The van der Waals surface area contributed by atoms with Crippen molar-refractivity contribution in [3.8, 4) is 22.3 Å². The first kappa shape index (κ1) is 23.5. The highest BCUT2D eigenvalue weighted by atomic mass is 79.9. The first-order chi connectivity index (χ1) is 19.3. The number of benzene rings is 6. The van der Waals surface area contributed by atoms with Crippen LogP contribution in [-0.4, -0.2) is 0 Å². The van der Waals surface area contributed by atoms with E-state index in [0.717, 1.165) is 54.6 Å². The first-order valence-electron chi connectivity index (χ1n) is 13.0. The summed E-state index contributed by atoms with van der Waals surface area (Å²) in [6.07, 6.45) is 0. The van der Waals surface area contributed by atoms with Gasteiger partial charge in [-0.1, -0.05) is 109 Å². The minimum atomic E-state index is 0.856. The van der Waals surface area contributed by atoms with Crippen molar-refractivity contribution in [3.63, 3.8) is 0 Å². The van der Waals surface area contributed by atoms with Gasteiger partial charge in [0.05, 0.1) is 10.2 Å². The summed E-state index contributed by atoms with van der Waals surface area (Å²) < 4.78 is 7.53. The maximum Gasteiger partial charge on any atom is 0.159 e. The quantitative estimate of drug-likeness (QED) is 0.206. The summed E-state index contributed by atoms with van der Waals surface area (Å²) in [6.45, 7) is 0. The summed E-state index contributed by atoms with van der Waals surface area (Å²) in [5, 5.41) is 2.18. The van der Waals surface area contributed by atoms with Crippen LogP contribution in [-0.2, 0) is 0 Å². The second-order valence-corrected chi connectivity index (χ2v) is 10.4. The number of hydrogen-bond donors (Lipinski definition) is 0. The van der Waals surface area contributed by atoms with Crippen LogP contribution < -0.4 is 4.90 Å². The van der Waals surface area contributed by atoms with E-state index in [9.17, 15) is 0 Å². The zero-order chi connectivity index (χ0) is 26.2. The Morgan fingerprint density at radius 3 is 1.51 bits per heavy atom. The molecule has 186 valence electrons. The van der Waals surface area contributed by atoms with Gasteiger partial charge in [-0.25, -0.2) is 0 Å². The molecule has 7 aromatic rings. The molecule has 0 atom stereocenters. The van der Waals surface area contributed by atoms with Crippen LogP contribution in [0.3, 0.4) is 0 Å². The van der Waals surface area contributed by atoms with E-state index < -0.39 is 0 Å². The molecule has 0 fully saturated rings. The van der Waals surface area contributed by atoms with Crippen LogP contribution >= 0.6 is 15.9 Å². The lowest BCUT2D eigenvalue weighted by Crippen LogP contribution is -2.10. The standard InChI is InChI=1S/C36H24BrNO/c37-33-21-9-19-31-32-20-10-22-34(36(32)39-35(31)33)38(29-17-7-15-27(23-29)25-11-3-1-4-12-25)30-18-8-16-28(24-30)26-13-5-2-6-14-26/h1-24H. The molecule has 3 heteroatoms. The van der Waals surface area contributed by atoms with E-state index in [-0.39, 0.29) is 0 Å². The summed E-state index contributed by atoms with van der Waals surface area (Å²) in [5.74, 6) is 0. The number of hydrogen-bond acceptors (Lipinski definition) is 2. The highest BCUT2D eigenvalue weighted by Gasteiger charge is 2.20. The summed E-state index contributed by atoms with van der Waals surface area (Å²) in [7, 11) is 0. The van der Waals surface area contributed by atoms with Crippen LogP contribution in [0.1, 0.15) is 0 Å². The maximum atomic E-state index is 6.58. The molecule has 1 heterocycles. The van der Waals surface area contributed by atoms with Gasteiger partial charge >= 0.3 is 0 Å². The Morgan fingerprint density at radius 1 is 0.436 bits per heavy atom. The van der Waals surface area contributed by atoms with E-state index in [1.807, 2.05) is 6.07 Å². The lowest BCUT2D eigenvalue weighted by molar-refractivity contribution is 0.667. The predicted molar refractivity (Wildman–Crippen MR) is 167 cm³/mol. The number of nitrogens with zero attached hydrogens (tertiary/aromatic N) is 1. The molecule has 0 aliphatic heterocycles. The first-order valence-corrected chi connectivity index (χ1v) is 13.8. The average molecular weight is 566 g/mol. The average Bonchev–Trinajstić information content (AvgIpc) is 3.40. The van der Waals surface area contributed by atoms with E-state index in [4.69, 9.17) is 4.42 Å². The van der Waals surface area contributed by atoms with Crippen LogP contribution in [0.4, 0.5) is 17.1 Å². The van der Waals surface area contributed by atoms with Crippen molar-refractivity contribution in [3.05, 3.63) is 150 Å². The fourth-order valence-electron chi connectivity index (χ4n) is 5.28. The number of rotatable bonds is 5. The minimum absolute atomic E-state index is 0.856. The topological polar surface area (TPSA) is 16.4 Å². The molecule has 0 amide bonds. The third-order valence-electron chi connectivity index (χ3n) is 7.12. The lowest BCUT2D eigenvalue weighted by atomic mass is 10.0. The Hall–Kier alpha value is -4.60. The van der Waals surface area contributed by atoms with Crippen LogP contribution in [0.15, 0.2) is 154 Å². The summed E-state index contributed by atoms with van der Waals surface area (Å²) in [5.41, 5.74) is 9.53. The van der Waals surface area contributed by atoms with Gasteiger partial charge in [0.15, 0.2) is 5.58 Å². The van der Waals surface area contributed by atoms with Crippen LogP contribution in [0.25, 0.3) is 44.2 Å². The van der Waals surface area contributed by atoms with Crippen molar-refractivity contribution in [2.75, 3.05) is 4.90 Å². The van der Waals surface area contributed by atoms with E-state index >= 15 is 0 Å². The number of para-hydroxylation sites is 2. The summed E-state index contributed by atoms with van der Waals surface area (Å²) >= 11 is 3.69. The molecule has 0 aliphatic carbocycles. The number of halogens is 1. The fourth-order valence-corrected chi connectivity index (χ4v) is 5.73. The largest absolute Gasteiger partial charge is 0.453 e. The normalized spacial score (nSPS) is 11.2. The third kappa shape index (κ3) is 4.31. The Kier molecular flexibility index (Phi) is 5.99. The van der Waals surface area contributed by atoms with E-state index in [0.29, 0.717) is 0 Å². The zero-order valence-corrected chi connectivity index (χ0v) is 22.7. The Labute approximate surface area is 235 Å². The van der Waals surface area contributed by atoms with Gasteiger partial charge in [-0.2, -0.15) is 0 Å². The number of fused-ring (bicyclic) bond motifs is 3. The molecule has 0 aliphatic rings. The molecule has 6 aromatic carbocycles. The molecular formula is C36H24BrNO. The SMILES string of the molecule is Brc1cccc2c1oc1c(N(c3cccc(-c4ccccc4)c3)c3cccc(-c4ccccc4)c3)cccc12. The second-order valence-electron chi connectivity index (χ2n) is 9.54. The number of furan rings is 1. The highest BCUT2D eigenvalue weighted by molar-refractivity contribution is 9.10. The van der Waals surface area contributed by atoms with Crippen molar-refractivity contribution < 1.29 is 4.42 Å². The van der Waals surface area contributed by atoms with Crippen molar-refractivity contribution in [1.29, 1.82) is 0 Å². The van der Waals surface area contributed by atoms with Gasteiger partial charge in [0, 0.05) is 22.1 Å². The smallest absolute Gasteiger partial charge is 0.159 e. The summed E-state index contributed by atoms with van der Waals surface area (Å²) in [4.78, 5) is 2.30. The summed E-state index contributed by atoms with van der Waals surface area (Å²) in [6, 6.07) is 51.0. The Morgan fingerprint density at radius 2 is 0.923 bits per heavy atom. The molecule has 39 heavy (non-hydrogen) atoms. The van der Waals surface area contributed by atoms with Gasteiger partial charge in [-0.05, 0) is 74.6 Å². The molecule has 0 spiro atoms. The van der Waals surface area contributed by atoms with E-state index in [1.54, 1.807) is 0 Å². The Balaban J connectivity index is 1.48. The van der Waals surface area contributed by atoms with Crippen molar-refractivity contribution in [1.82, 2.24) is 0 Å². The van der Waals surface area contributed by atoms with Crippen LogP contribution in [0.5, 0.6) is 0 Å². The molecule has 0 saturated carbocycles. The van der Waals surface area contributed by atoms with Crippen molar-refractivity contribution in [2.45, 2.75) is 0 Å². The van der Waals surface area contributed by atoms with Gasteiger partial charge in [0.1, 0.15) is 5.58 Å². The molecule has 1 aromatic heterocycles. The molecule has 0 saturated heterocycles. The third-order valence-corrected chi connectivity index (χ3v) is 7.74. The molecule has 0 N–H and O–H groups in total. The van der Waals surface area contributed by atoms with Gasteiger partial charge in [-0.3, -0.25) is 0 Å². The van der Waals surface area contributed by atoms with Crippen molar-refractivity contribution >= 4 is 54.9 Å². The highest BCUT2D eigenvalue weighted by Crippen LogP contribution is 2.44. The lowest BCUT2D eigenvalue weighted by Gasteiger charge is -2.26. The molecular weight excluding hydrogens is 542 g/mol. The van der Waals surface area contributed by atoms with Gasteiger partial charge in [-0.15, -0.1) is 0 Å². The molecule has 0 bridgehead atoms. The van der Waals surface area contributed by atoms with Crippen LogP contribution in [0, 0.1) is 0 Å². The number of anilines is 3. The Bertz CT molecular complexity index is 1840. The second kappa shape index (κ2) is 9.94. The van der Waals surface area contributed by atoms with Gasteiger partial charge < -0.3 is 9.32 Å². The van der Waals surface area contributed by atoms with E-state index in [2.05, 4.69) is 160 Å². The fraction of sp³-hybridized carbons (Fsp3) is 0. The monoisotopic (exact) mass is 565 g/mol.